The van der Waals surface area contributed by atoms with E-state index in [0.29, 0.717) is 18.2 Å². The number of nitrogens with zero attached hydrogens (tertiary/aromatic N) is 1. The highest BCUT2D eigenvalue weighted by Gasteiger charge is 2.32. The second-order valence-corrected chi connectivity index (χ2v) is 7.86. The van der Waals surface area contributed by atoms with E-state index >= 15 is 0 Å². The Balaban J connectivity index is 1.93. The van der Waals surface area contributed by atoms with Gasteiger partial charge in [-0.05, 0) is 37.1 Å². The first-order chi connectivity index (χ1) is 15.6. The number of aromatic nitrogens is 1. The molecule has 1 aliphatic rings. The van der Waals surface area contributed by atoms with Crippen molar-refractivity contribution in [2.24, 2.45) is 5.92 Å². The van der Waals surface area contributed by atoms with E-state index in [0.717, 1.165) is 25.7 Å². The zero-order valence-corrected chi connectivity index (χ0v) is 17.8. The number of amides is 2. The molecule has 4 N–H and O–H groups in total. The lowest BCUT2D eigenvalue weighted by Crippen LogP contribution is -2.35. The first-order valence-corrected chi connectivity index (χ1v) is 10.4. The predicted octanol–water partition coefficient (Wildman–Crippen LogP) is 3.81. The van der Waals surface area contributed by atoms with E-state index in [-0.39, 0.29) is 35.6 Å². The number of carbonyl (C=O) groups excluding carboxylic acids is 2. The minimum absolute atomic E-state index is 0.0414. The fourth-order valence-corrected chi connectivity index (χ4v) is 3.81. The minimum Gasteiger partial charge on any atom is -0.396 e. The van der Waals surface area contributed by atoms with Crippen molar-refractivity contribution in [3.05, 3.63) is 53.0 Å². The van der Waals surface area contributed by atoms with E-state index in [4.69, 9.17) is 0 Å². The van der Waals surface area contributed by atoms with Crippen molar-refractivity contribution >= 4 is 23.3 Å². The van der Waals surface area contributed by atoms with Crippen LogP contribution in [0.3, 0.4) is 0 Å². The summed E-state index contributed by atoms with van der Waals surface area (Å²) < 4.78 is 52.9. The summed E-state index contributed by atoms with van der Waals surface area (Å²) in [5.41, 5.74) is -1.68. The minimum atomic E-state index is -4.83. The molecule has 1 aromatic heterocycles. The summed E-state index contributed by atoms with van der Waals surface area (Å²) in [5.74, 6) is -2.55. The molecular formula is C22H24F4N4O3. The molecule has 1 aliphatic carbocycles. The molecule has 0 unspecified atom stereocenters. The number of anilines is 2. The number of halogens is 4. The smallest absolute Gasteiger partial charge is 0.396 e. The van der Waals surface area contributed by atoms with E-state index in [1.807, 2.05) is 0 Å². The molecule has 0 radical (unpaired) electrons. The highest BCUT2D eigenvalue weighted by molar-refractivity contribution is 6.06. The van der Waals surface area contributed by atoms with Gasteiger partial charge in [0.1, 0.15) is 11.6 Å². The van der Waals surface area contributed by atoms with Crippen molar-refractivity contribution in [3.8, 4) is 0 Å². The maximum atomic E-state index is 13.8. The van der Waals surface area contributed by atoms with Crippen molar-refractivity contribution in [1.29, 1.82) is 0 Å². The normalized spacial score (nSPS) is 18.5. The molecule has 0 spiro atoms. The van der Waals surface area contributed by atoms with E-state index in [1.54, 1.807) is 0 Å². The molecule has 11 heteroatoms. The molecule has 1 saturated carbocycles. The molecule has 7 nitrogen and oxygen atoms in total. The lowest BCUT2D eigenvalue weighted by Gasteiger charge is -2.31. The van der Waals surface area contributed by atoms with Crippen molar-refractivity contribution in [2.75, 3.05) is 24.3 Å². The van der Waals surface area contributed by atoms with Crippen molar-refractivity contribution < 1.29 is 32.3 Å². The Kier molecular flexibility index (Phi) is 7.52. The van der Waals surface area contributed by atoms with E-state index in [9.17, 15) is 32.3 Å². The van der Waals surface area contributed by atoms with E-state index in [2.05, 4.69) is 20.9 Å². The largest absolute Gasteiger partial charge is 0.416 e. The fraction of sp³-hybridized carbons (Fsp3) is 0.409. The van der Waals surface area contributed by atoms with Gasteiger partial charge < -0.3 is 21.1 Å². The average molecular weight is 468 g/mol. The van der Waals surface area contributed by atoms with Crippen LogP contribution < -0.4 is 16.0 Å². The molecule has 1 aromatic carbocycles. The number of nitrogens with one attached hydrogen (secondary N) is 3. The van der Waals surface area contributed by atoms with Crippen LogP contribution in [0.5, 0.6) is 0 Å². The van der Waals surface area contributed by atoms with Crippen LogP contribution in [0.15, 0.2) is 30.5 Å². The van der Waals surface area contributed by atoms with E-state index < -0.39 is 34.9 Å². The van der Waals surface area contributed by atoms with Gasteiger partial charge in [0, 0.05) is 37.4 Å². The Morgan fingerprint density at radius 3 is 2.48 bits per heavy atom. The number of carbonyl (C=O) groups is 2. The second-order valence-electron chi connectivity index (χ2n) is 7.86. The van der Waals surface area contributed by atoms with Gasteiger partial charge in [-0.2, -0.15) is 13.2 Å². The van der Waals surface area contributed by atoms with Gasteiger partial charge >= 0.3 is 6.18 Å². The topological polar surface area (TPSA) is 103 Å². The molecule has 0 saturated heterocycles. The number of pyridine rings is 1. The van der Waals surface area contributed by atoms with Gasteiger partial charge in [-0.3, -0.25) is 9.59 Å². The highest BCUT2D eigenvalue weighted by atomic mass is 19.4. The Hall–Kier alpha value is -3.21. The Morgan fingerprint density at radius 1 is 1.09 bits per heavy atom. The van der Waals surface area contributed by atoms with Crippen molar-refractivity contribution in [1.82, 2.24) is 10.3 Å². The molecule has 1 heterocycles. The van der Waals surface area contributed by atoms with Crippen LogP contribution in [0.4, 0.5) is 29.1 Å². The van der Waals surface area contributed by atoms with Gasteiger partial charge in [0.15, 0.2) is 0 Å². The highest BCUT2D eigenvalue weighted by Crippen LogP contribution is 2.32. The summed E-state index contributed by atoms with van der Waals surface area (Å²) in [6.45, 7) is -0.0425. The van der Waals surface area contributed by atoms with Gasteiger partial charge in [-0.15, -0.1) is 0 Å². The first-order valence-electron chi connectivity index (χ1n) is 10.4. The third-order valence-electron chi connectivity index (χ3n) is 5.58. The van der Waals surface area contributed by atoms with Crippen molar-refractivity contribution in [3.63, 3.8) is 0 Å². The van der Waals surface area contributed by atoms with Gasteiger partial charge in [0.25, 0.3) is 11.8 Å². The summed E-state index contributed by atoms with van der Waals surface area (Å²) in [7, 11) is 1.41. The fourth-order valence-electron chi connectivity index (χ4n) is 3.81. The number of hydrogen-bond acceptors (Lipinski definition) is 5. The molecule has 1 fully saturated rings. The van der Waals surface area contributed by atoms with Crippen LogP contribution in [0.1, 0.15) is 52.0 Å². The third-order valence-corrected chi connectivity index (χ3v) is 5.58. The maximum Gasteiger partial charge on any atom is 0.416 e. The van der Waals surface area contributed by atoms with Crippen LogP contribution >= 0.6 is 0 Å². The van der Waals surface area contributed by atoms with E-state index in [1.165, 1.54) is 19.3 Å². The van der Waals surface area contributed by atoms with Crippen molar-refractivity contribution in [2.45, 2.75) is 37.9 Å². The molecule has 2 atom stereocenters. The second kappa shape index (κ2) is 10.2. The number of alkyl halides is 3. The zero-order valence-electron chi connectivity index (χ0n) is 17.8. The zero-order chi connectivity index (χ0) is 24.2. The maximum absolute atomic E-state index is 13.8. The number of aliphatic hydroxyl groups excluding tert-OH is 1. The van der Waals surface area contributed by atoms with Crippen LogP contribution in [0, 0.1) is 11.7 Å². The summed E-state index contributed by atoms with van der Waals surface area (Å²) in [5, 5.41) is 17.7. The molecule has 33 heavy (non-hydrogen) atoms. The molecule has 0 aliphatic heterocycles. The molecule has 178 valence electrons. The summed E-state index contributed by atoms with van der Waals surface area (Å²) in [6, 6.07) is 2.72. The van der Waals surface area contributed by atoms with Gasteiger partial charge in [0.2, 0.25) is 0 Å². The van der Waals surface area contributed by atoms with Gasteiger partial charge in [0.05, 0.1) is 16.8 Å². The lowest BCUT2D eigenvalue weighted by molar-refractivity contribution is -0.137. The Labute approximate surface area is 187 Å². The quantitative estimate of drug-likeness (QED) is 0.483. The SMILES string of the molecule is CNC(=O)c1cnc(N[C@@H]2CCCC[C@@H]2CO)c(NC(=O)c2cc(F)cc(C(F)(F)F)c2)c1. The summed E-state index contributed by atoms with van der Waals surface area (Å²) in [6.07, 6.45) is -0.0960. The molecule has 0 bridgehead atoms. The molecular weight excluding hydrogens is 444 g/mol. The van der Waals surface area contributed by atoms with Crippen LogP contribution in [0.2, 0.25) is 0 Å². The Bertz CT molecular complexity index is 1030. The average Bonchev–Trinajstić information content (AvgIpc) is 2.79. The summed E-state index contributed by atoms with van der Waals surface area (Å²) >= 11 is 0. The third kappa shape index (κ3) is 5.98. The Morgan fingerprint density at radius 2 is 1.82 bits per heavy atom. The van der Waals surface area contributed by atoms with Crippen LogP contribution in [-0.4, -0.2) is 41.6 Å². The molecule has 2 amide bonds. The number of benzene rings is 1. The van der Waals surface area contributed by atoms with Gasteiger partial charge in [-0.25, -0.2) is 9.37 Å². The lowest BCUT2D eigenvalue weighted by atomic mass is 9.85. The molecule has 3 rings (SSSR count). The summed E-state index contributed by atoms with van der Waals surface area (Å²) in [4.78, 5) is 29.0. The number of hydrogen-bond donors (Lipinski definition) is 4. The monoisotopic (exact) mass is 468 g/mol. The van der Waals surface area contributed by atoms with Gasteiger partial charge in [-0.1, -0.05) is 12.8 Å². The first kappa shape index (κ1) is 24.4. The van der Waals surface area contributed by atoms with Crippen LogP contribution in [0.25, 0.3) is 0 Å². The number of aliphatic hydroxyl groups is 1. The molecule has 2 aromatic rings. The number of rotatable bonds is 6. The van der Waals surface area contributed by atoms with Crippen LogP contribution in [-0.2, 0) is 6.18 Å². The standard InChI is InChI=1S/C22H24F4N4O3/c1-27-20(32)14-8-18(19(28-10-14)29-17-5-3-2-4-12(17)11-31)30-21(33)13-6-15(22(24,25)26)9-16(23)7-13/h6-10,12,17,31H,2-5,11H2,1H3,(H,27,32)(H,28,29)(H,30,33)/t12-,17-/m1/s1. The predicted molar refractivity (Wildman–Crippen MR) is 113 cm³/mol.